The van der Waals surface area contributed by atoms with Crippen LogP contribution in [0.15, 0.2) is 46.9 Å². The molecule has 1 aliphatic heterocycles. The van der Waals surface area contributed by atoms with E-state index in [4.69, 9.17) is 0 Å². The van der Waals surface area contributed by atoms with Crippen LogP contribution in [0.5, 0.6) is 0 Å². The van der Waals surface area contributed by atoms with Gasteiger partial charge in [-0.25, -0.2) is 14.0 Å². The number of rotatable bonds is 9. The number of carboxylic acid groups (broad SMARTS) is 1. The van der Waals surface area contributed by atoms with Gasteiger partial charge in [0.1, 0.15) is 11.4 Å². The third-order valence-electron chi connectivity index (χ3n) is 5.66. The first kappa shape index (κ1) is 23.6. The zero-order valence-corrected chi connectivity index (χ0v) is 18.9. The predicted octanol–water partition coefficient (Wildman–Crippen LogP) is 3.73. The number of carbonyl (C=O) groups excluding carboxylic acids is 3. The van der Waals surface area contributed by atoms with Gasteiger partial charge in [-0.3, -0.25) is 14.5 Å². The van der Waals surface area contributed by atoms with Gasteiger partial charge in [0, 0.05) is 10.9 Å². The highest BCUT2D eigenvalue weighted by molar-refractivity contribution is 9.10. The first-order chi connectivity index (χ1) is 15.2. The molecule has 3 amide bonds. The van der Waals surface area contributed by atoms with Crippen LogP contribution in [-0.4, -0.2) is 45.8 Å². The van der Waals surface area contributed by atoms with Gasteiger partial charge in [0.25, 0.3) is 5.91 Å². The van der Waals surface area contributed by atoms with Crippen LogP contribution in [0, 0.1) is 5.82 Å². The molecule has 0 saturated carbocycles. The Hall–Kier alpha value is -3.07. The summed E-state index contributed by atoms with van der Waals surface area (Å²) >= 11 is 3.15. The lowest BCUT2D eigenvalue weighted by Crippen LogP contribution is -2.47. The molecule has 1 aliphatic rings. The van der Waals surface area contributed by atoms with Crippen LogP contribution >= 0.6 is 15.9 Å². The van der Waals surface area contributed by atoms with E-state index in [1.807, 2.05) is 0 Å². The summed E-state index contributed by atoms with van der Waals surface area (Å²) in [6, 6.07) is 10.1. The number of hydrogen-bond donors (Lipinski definition) is 2. The molecule has 0 radical (unpaired) electrons. The summed E-state index contributed by atoms with van der Waals surface area (Å²) in [6.45, 7) is 1.28. The SMILES string of the molecule is CCC1(CCc2ccccc2C(=O)O)NC(=O)N(CC(=O)Cc2ccc(Br)cc2F)C1=O. The van der Waals surface area contributed by atoms with Gasteiger partial charge in [-0.1, -0.05) is 47.1 Å². The van der Waals surface area contributed by atoms with Gasteiger partial charge in [0.05, 0.1) is 12.1 Å². The molecule has 2 aromatic carbocycles. The Balaban J connectivity index is 1.71. The second-order valence-electron chi connectivity index (χ2n) is 7.67. The molecule has 1 fully saturated rings. The summed E-state index contributed by atoms with van der Waals surface area (Å²) in [5, 5.41) is 12.0. The Labute approximate surface area is 192 Å². The Bertz CT molecular complexity index is 1090. The Kier molecular flexibility index (Phi) is 7.08. The number of aryl methyl sites for hydroxylation is 1. The molecule has 1 heterocycles. The minimum Gasteiger partial charge on any atom is -0.478 e. The van der Waals surface area contributed by atoms with Crippen molar-refractivity contribution in [1.82, 2.24) is 10.2 Å². The summed E-state index contributed by atoms with van der Waals surface area (Å²) in [4.78, 5) is 50.4. The fourth-order valence-corrected chi connectivity index (χ4v) is 4.14. The van der Waals surface area contributed by atoms with Gasteiger partial charge in [-0.15, -0.1) is 0 Å². The highest BCUT2D eigenvalue weighted by Gasteiger charge is 2.50. The number of halogens is 2. The van der Waals surface area contributed by atoms with Crippen LogP contribution in [0.4, 0.5) is 9.18 Å². The van der Waals surface area contributed by atoms with Gasteiger partial charge in [0.15, 0.2) is 5.78 Å². The minimum absolute atomic E-state index is 0.138. The number of hydrogen-bond acceptors (Lipinski definition) is 4. The number of benzene rings is 2. The third-order valence-corrected chi connectivity index (χ3v) is 6.15. The topological polar surface area (TPSA) is 104 Å². The lowest BCUT2D eigenvalue weighted by Gasteiger charge is -2.25. The summed E-state index contributed by atoms with van der Waals surface area (Å²) < 4.78 is 14.6. The van der Waals surface area contributed by atoms with Gasteiger partial charge < -0.3 is 10.4 Å². The monoisotopic (exact) mass is 504 g/mol. The van der Waals surface area contributed by atoms with Crippen LogP contribution in [0.1, 0.15) is 41.3 Å². The van der Waals surface area contributed by atoms with Gasteiger partial charge in [-0.05, 0) is 48.6 Å². The van der Waals surface area contributed by atoms with E-state index in [1.54, 1.807) is 31.2 Å². The maximum Gasteiger partial charge on any atom is 0.335 e. The second kappa shape index (κ2) is 9.60. The van der Waals surface area contributed by atoms with Crippen molar-refractivity contribution in [2.45, 2.75) is 38.1 Å². The fourth-order valence-electron chi connectivity index (χ4n) is 3.81. The van der Waals surface area contributed by atoms with Crippen LogP contribution in [-0.2, 0) is 22.4 Å². The molecule has 3 rings (SSSR count). The van der Waals surface area contributed by atoms with Crippen LogP contribution in [0.25, 0.3) is 0 Å². The molecule has 168 valence electrons. The van der Waals surface area contributed by atoms with Crippen molar-refractivity contribution >= 4 is 39.6 Å². The number of carboxylic acids is 1. The molecule has 0 aliphatic carbocycles. The van der Waals surface area contributed by atoms with Crippen molar-refractivity contribution in [3.05, 3.63) is 69.4 Å². The Morgan fingerprint density at radius 3 is 2.53 bits per heavy atom. The first-order valence-electron chi connectivity index (χ1n) is 10.1. The average Bonchev–Trinajstić information content (AvgIpc) is 2.99. The van der Waals surface area contributed by atoms with Crippen LogP contribution in [0.2, 0.25) is 0 Å². The molecule has 2 aromatic rings. The van der Waals surface area contributed by atoms with Gasteiger partial charge in [0.2, 0.25) is 0 Å². The molecule has 9 heteroatoms. The molecular weight excluding hydrogens is 483 g/mol. The number of carbonyl (C=O) groups is 4. The van der Waals surface area contributed by atoms with Crippen molar-refractivity contribution in [3.8, 4) is 0 Å². The smallest absolute Gasteiger partial charge is 0.335 e. The molecule has 0 bridgehead atoms. The lowest BCUT2D eigenvalue weighted by molar-refractivity contribution is -0.134. The van der Waals surface area contributed by atoms with E-state index in [-0.39, 0.29) is 36.8 Å². The molecule has 1 unspecified atom stereocenters. The second-order valence-corrected chi connectivity index (χ2v) is 8.59. The highest BCUT2D eigenvalue weighted by atomic mass is 79.9. The number of ketones is 1. The highest BCUT2D eigenvalue weighted by Crippen LogP contribution is 2.28. The summed E-state index contributed by atoms with van der Waals surface area (Å²) in [6.07, 6.45) is 0.471. The Morgan fingerprint density at radius 1 is 1.16 bits per heavy atom. The molecule has 0 spiro atoms. The maximum atomic E-state index is 14.0. The normalized spacial score (nSPS) is 18.0. The fraction of sp³-hybridized carbons (Fsp3) is 0.304. The molecule has 2 N–H and O–H groups in total. The van der Waals surface area contributed by atoms with Crippen molar-refractivity contribution in [2.24, 2.45) is 0 Å². The van der Waals surface area contributed by atoms with Crippen LogP contribution < -0.4 is 5.32 Å². The number of Topliss-reactive ketones (excluding diaryl/α,β-unsaturated/α-hetero) is 1. The number of nitrogens with one attached hydrogen (secondary N) is 1. The molecule has 0 aromatic heterocycles. The summed E-state index contributed by atoms with van der Waals surface area (Å²) in [7, 11) is 0. The molecule has 1 saturated heterocycles. The first-order valence-corrected chi connectivity index (χ1v) is 10.9. The van der Waals surface area contributed by atoms with E-state index in [2.05, 4.69) is 21.2 Å². The van der Waals surface area contributed by atoms with Crippen molar-refractivity contribution < 1.29 is 28.7 Å². The van der Waals surface area contributed by atoms with E-state index in [0.717, 1.165) is 4.90 Å². The third kappa shape index (κ3) is 4.88. The lowest BCUT2D eigenvalue weighted by atomic mass is 9.87. The molecular formula is C23H22BrFN2O5. The van der Waals surface area contributed by atoms with E-state index < -0.39 is 41.6 Å². The minimum atomic E-state index is -1.23. The average molecular weight is 505 g/mol. The summed E-state index contributed by atoms with van der Waals surface area (Å²) in [5.41, 5.74) is -0.363. The van der Waals surface area contributed by atoms with Gasteiger partial charge in [-0.2, -0.15) is 0 Å². The molecule has 7 nitrogen and oxygen atoms in total. The van der Waals surface area contributed by atoms with E-state index in [9.17, 15) is 28.7 Å². The number of nitrogens with zero attached hydrogens (tertiary/aromatic N) is 1. The van der Waals surface area contributed by atoms with Crippen molar-refractivity contribution in [1.29, 1.82) is 0 Å². The number of aromatic carboxylic acids is 1. The number of urea groups is 1. The number of amides is 3. The van der Waals surface area contributed by atoms with E-state index in [0.29, 0.717) is 10.0 Å². The van der Waals surface area contributed by atoms with Crippen LogP contribution in [0.3, 0.4) is 0 Å². The Morgan fingerprint density at radius 2 is 1.88 bits per heavy atom. The summed E-state index contributed by atoms with van der Waals surface area (Å²) in [5.74, 6) is -2.63. The zero-order chi connectivity index (χ0) is 23.5. The maximum absolute atomic E-state index is 14.0. The zero-order valence-electron chi connectivity index (χ0n) is 17.4. The molecule has 32 heavy (non-hydrogen) atoms. The quantitative estimate of drug-likeness (QED) is 0.506. The standard InChI is InChI=1S/C23H22BrFN2O5/c1-2-23(10-9-14-5-3-4-6-18(14)20(29)30)21(31)27(22(32)26-23)13-17(28)11-15-7-8-16(24)12-19(15)25/h3-8,12H,2,9-11,13H2,1H3,(H,26,32)(H,29,30). The van der Waals surface area contributed by atoms with Crippen molar-refractivity contribution in [2.75, 3.05) is 6.54 Å². The van der Waals surface area contributed by atoms with E-state index in [1.165, 1.54) is 18.2 Å². The van der Waals surface area contributed by atoms with Crippen molar-refractivity contribution in [3.63, 3.8) is 0 Å². The largest absolute Gasteiger partial charge is 0.478 e. The molecule has 1 atom stereocenters. The predicted molar refractivity (Wildman–Crippen MR) is 118 cm³/mol. The number of imide groups is 1. The van der Waals surface area contributed by atoms with E-state index >= 15 is 0 Å². The van der Waals surface area contributed by atoms with Gasteiger partial charge >= 0.3 is 12.0 Å².